The van der Waals surface area contributed by atoms with Crippen LogP contribution < -0.4 is 11.2 Å². The van der Waals surface area contributed by atoms with Gasteiger partial charge in [0.25, 0.3) is 11.5 Å². The summed E-state index contributed by atoms with van der Waals surface area (Å²) in [6.45, 7) is 2.97. The maximum absolute atomic E-state index is 14.7. The number of halogens is 1. The smallest absolute Gasteiger partial charge is 0.340 e. The third-order valence-corrected chi connectivity index (χ3v) is 5.90. The van der Waals surface area contributed by atoms with Crippen molar-refractivity contribution < 1.29 is 28.2 Å². The predicted octanol–water partition coefficient (Wildman–Crippen LogP) is 2.58. The number of hydrogen-bond acceptors (Lipinski definition) is 7. The van der Waals surface area contributed by atoms with Crippen LogP contribution in [-0.2, 0) is 25.6 Å². The molecular formula is C26H25FN2O7. The average Bonchev–Trinajstić information content (AvgIpc) is 3.27. The Kier molecular flexibility index (Phi) is 7.56. The first-order chi connectivity index (χ1) is 17.3. The topological polar surface area (TPSA) is 106 Å². The lowest BCUT2D eigenvalue weighted by molar-refractivity contribution is -0.148. The third kappa shape index (κ3) is 5.34. The monoisotopic (exact) mass is 496 g/mol. The van der Waals surface area contributed by atoms with Gasteiger partial charge < -0.3 is 14.2 Å². The van der Waals surface area contributed by atoms with E-state index in [4.69, 9.17) is 14.2 Å². The molecule has 0 N–H and O–H groups in total. The number of benzene rings is 2. The van der Waals surface area contributed by atoms with Crippen molar-refractivity contribution in [3.63, 3.8) is 0 Å². The zero-order valence-corrected chi connectivity index (χ0v) is 19.8. The van der Waals surface area contributed by atoms with Gasteiger partial charge in [0.2, 0.25) is 5.82 Å². The molecule has 9 nitrogen and oxygen atoms in total. The standard InChI is InChI=1S/C26H25FN2O7/c1-16-8-6-7-11-19(16)24(31)29-25(32)20(27)13-28(26(29)33)23-12-21(22(36-23)15-34-17(2)30)35-14-18-9-4-3-5-10-18/h3-11,13,21-23H,12,14-15H2,1-2H3/t21-,22+,23+/m0/s1. The molecule has 36 heavy (non-hydrogen) atoms. The van der Waals surface area contributed by atoms with E-state index in [1.54, 1.807) is 25.1 Å². The molecule has 1 fully saturated rings. The van der Waals surface area contributed by atoms with Crippen LogP contribution in [-0.4, -0.2) is 39.8 Å². The molecule has 1 aliphatic rings. The van der Waals surface area contributed by atoms with Crippen LogP contribution in [0.15, 0.2) is 70.4 Å². The van der Waals surface area contributed by atoms with E-state index < -0.39 is 47.4 Å². The van der Waals surface area contributed by atoms with E-state index in [1.807, 2.05) is 30.3 Å². The lowest BCUT2D eigenvalue weighted by Crippen LogP contribution is -2.46. The molecule has 0 radical (unpaired) electrons. The van der Waals surface area contributed by atoms with Gasteiger partial charge in [-0.3, -0.25) is 19.0 Å². The van der Waals surface area contributed by atoms with Gasteiger partial charge in [-0.15, -0.1) is 0 Å². The van der Waals surface area contributed by atoms with Gasteiger partial charge in [0.1, 0.15) is 18.9 Å². The summed E-state index contributed by atoms with van der Waals surface area (Å²) < 4.78 is 32.8. The lowest BCUT2D eigenvalue weighted by Gasteiger charge is -2.19. The number of carbonyl (C=O) groups is 2. The highest BCUT2D eigenvalue weighted by molar-refractivity contribution is 5.97. The van der Waals surface area contributed by atoms with E-state index >= 15 is 0 Å². The number of aryl methyl sites for hydroxylation is 1. The molecule has 3 atom stereocenters. The lowest BCUT2D eigenvalue weighted by atomic mass is 10.1. The summed E-state index contributed by atoms with van der Waals surface area (Å²) in [5, 5.41) is 0. The highest BCUT2D eigenvalue weighted by atomic mass is 19.1. The summed E-state index contributed by atoms with van der Waals surface area (Å²) >= 11 is 0. The first-order valence-electron chi connectivity index (χ1n) is 11.3. The van der Waals surface area contributed by atoms with E-state index in [9.17, 15) is 23.6 Å². The second-order valence-electron chi connectivity index (χ2n) is 8.43. The molecule has 0 spiro atoms. The summed E-state index contributed by atoms with van der Waals surface area (Å²) in [7, 11) is 0. The van der Waals surface area contributed by atoms with Crippen LogP contribution in [0.2, 0.25) is 0 Å². The van der Waals surface area contributed by atoms with Crippen molar-refractivity contribution in [3.05, 3.63) is 104 Å². The molecule has 0 aliphatic carbocycles. The zero-order valence-electron chi connectivity index (χ0n) is 19.8. The number of nitrogens with zero attached hydrogens (tertiary/aromatic N) is 2. The van der Waals surface area contributed by atoms with Crippen LogP contribution in [0.25, 0.3) is 0 Å². The van der Waals surface area contributed by atoms with Crippen molar-refractivity contribution in [2.24, 2.45) is 0 Å². The first kappa shape index (κ1) is 25.2. The molecule has 1 saturated heterocycles. The van der Waals surface area contributed by atoms with Crippen LogP contribution >= 0.6 is 0 Å². The third-order valence-electron chi connectivity index (χ3n) is 5.90. The molecule has 0 amide bonds. The van der Waals surface area contributed by atoms with Gasteiger partial charge in [-0.2, -0.15) is 8.96 Å². The van der Waals surface area contributed by atoms with Gasteiger partial charge in [0.15, 0.2) is 0 Å². The van der Waals surface area contributed by atoms with E-state index in [2.05, 4.69) is 0 Å². The fourth-order valence-electron chi connectivity index (χ4n) is 4.03. The Balaban J connectivity index is 1.65. The van der Waals surface area contributed by atoms with Gasteiger partial charge in [-0.1, -0.05) is 48.5 Å². The van der Waals surface area contributed by atoms with Crippen LogP contribution in [0.3, 0.4) is 0 Å². The molecule has 3 aromatic rings. The highest BCUT2D eigenvalue weighted by Crippen LogP contribution is 2.31. The van der Waals surface area contributed by atoms with E-state index in [0.29, 0.717) is 5.56 Å². The zero-order chi connectivity index (χ0) is 25.8. The summed E-state index contributed by atoms with van der Waals surface area (Å²) in [6, 6.07) is 15.7. The number of rotatable bonds is 7. The predicted molar refractivity (Wildman–Crippen MR) is 126 cm³/mol. The minimum Gasteiger partial charge on any atom is -0.463 e. The number of aromatic nitrogens is 2. The molecule has 2 heterocycles. The Morgan fingerprint density at radius 3 is 2.47 bits per heavy atom. The summed E-state index contributed by atoms with van der Waals surface area (Å²) in [5.41, 5.74) is -0.881. The van der Waals surface area contributed by atoms with Crippen molar-refractivity contribution in [1.82, 2.24) is 9.13 Å². The van der Waals surface area contributed by atoms with Gasteiger partial charge in [0, 0.05) is 18.9 Å². The quantitative estimate of drug-likeness (QED) is 0.463. The van der Waals surface area contributed by atoms with Gasteiger partial charge >= 0.3 is 11.7 Å². The molecule has 1 aromatic heterocycles. The van der Waals surface area contributed by atoms with Gasteiger partial charge in [-0.25, -0.2) is 4.79 Å². The molecule has 10 heteroatoms. The minimum atomic E-state index is -1.35. The summed E-state index contributed by atoms with van der Waals surface area (Å²) in [4.78, 5) is 50.1. The normalized spacial score (nSPS) is 19.2. The Morgan fingerprint density at radius 1 is 1.08 bits per heavy atom. The highest BCUT2D eigenvalue weighted by Gasteiger charge is 2.39. The molecule has 188 valence electrons. The van der Waals surface area contributed by atoms with Crippen LogP contribution in [0.1, 0.15) is 41.1 Å². The van der Waals surface area contributed by atoms with Gasteiger partial charge in [0.05, 0.1) is 18.9 Å². The molecule has 0 unspecified atom stereocenters. The van der Waals surface area contributed by atoms with Crippen molar-refractivity contribution in [2.45, 2.75) is 45.3 Å². The fraction of sp³-hybridized carbons (Fsp3) is 0.308. The summed E-state index contributed by atoms with van der Waals surface area (Å²) in [6.07, 6.45) is -1.62. The second kappa shape index (κ2) is 10.8. The van der Waals surface area contributed by atoms with Crippen LogP contribution in [0.5, 0.6) is 0 Å². The Bertz CT molecular complexity index is 1380. The maximum atomic E-state index is 14.7. The number of hydrogen-bond donors (Lipinski definition) is 0. The summed E-state index contributed by atoms with van der Waals surface area (Å²) in [5.74, 6) is -2.75. The van der Waals surface area contributed by atoms with Crippen molar-refractivity contribution in [2.75, 3.05) is 6.61 Å². The minimum absolute atomic E-state index is 0.0921. The average molecular weight is 496 g/mol. The molecular weight excluding hydrogens is 471 g/mol. The molecule has 0 saturated carbocycles. The van der Waals surface area contributed by atoms with Crippen molar-refractivity contribution in [3.8, 4) is 0 Å². The van der Waals surface area contributed by atoms with Crippen molar-refractivity contribution in [1.29, 1.82) is 0 Å². The molecule has 1 aliphatic heterocycles. The van der Waals surface area contributed by atoms with Gasteiger partial charge in [-0.05, 0) is 24.1 Å². The Labute approximate surface area is 205 Å². The maximum Gasteiger partial charge on any atom is 0.340 e. The van der Waals surface area contributed by atoms with E-state index in [0.717, 1.165) is 16.3 Å². The van der Waals surface area contributed by atoms with Crippen LogP contribution in [0, 0.1) is 12.7 Å². The molecule has 2 aromatic carbocycles. The molecule has 0 bridgehead atoms. The Morgan fingerprint density at radius 2 is 1.78 bits per heavy atom. The largest absolute Gasteiger partial charge is 0.463 e. The van der Waals surface area contributed by atoms with E-state index in [-0.39, 0.29) is 29.8 Å². The SMILES string of the molecule is CC(=O)OC[C@H]1O[C@@H](n2cc(F)c(=O)n(C(=O)c3ccccc3C)c2=O)C[C@@H]1OCc1ccccc1. The number of carbonyl (C=O) groups excluding carboxylic acids is 2. The Hall–Kier alpha value is -3.89. The van der Waals surface area contributed by atoms with Crippen LogP contribution in [0.4, 0.5) is 4.39 Å². The number of ether oxygens (including phenoxy) is 3. The second-order valence-corrected chi connectivity index (χ2v) is 8.43. The van der Waals surface area contributed by atoms with Crippen molar-refractivity contribution >= 4 is 11.9 Å². The first-order valence-corrected chi connectivity index (χ1v) is 11.3. The number of esters is 1. The fourth-order valence-corrected chi connectivity index (χ4v) is 4.03. The van der Waals surface area contributed by atoms with E-state index in [1.165, 1.54) is 13.0 Å². The molecule has 4 rings (SSSR count).